The number of carbonyl (C=O) groups is 2. The van der Waals surface area contributed by atoms with Crippen LogP contribution in [-0.2, 0) is 34.7 Å². The highest BCUT2D eigenvalue weighted by atomic mass is 127. The van der Waals surface area contributed by atoms with E-state index in [0.717, 1.165) is 22.6 Å². The Balaban J connectivity index is 1.20. The summed E-state index contributed by atoms with van der Waals surface area (Å²) in [4.78, 5) is 32.5. The summed E-state index contributed by atoms with van der Waals surface area (Å²) in [6, 6.07) is 10.9. The van der Waals surface area contributed by atoms with E-state index in [0.29, 0.717) is 17.8 Å². The van der Waals surface area contributed by atoms with Crippen LogP contribution in [0.5, 0.6) is 0 Å². The van der Waals surface area contributed by atoms with Crippen LogP contribution in [0.15, 0.2) is 61.1 Å². The number of aromatic nitrogens is 7. The number of nitrogens with one attached hydrogen (secondary N) is 2. The first kappa shape index (κ1) is 29.0. The fraction of sp³-hybridized carbons (Fsp3) is 0.280. The van der Waals surface area contributed by atoms with E-state index in [9.17, 15) is 22.8 Å². The molecule has 2 amide bonds. The Hall–Kier alpha value is -4.02. The molecule has 0 radical (unpaired) electrons. The Morgan fingerprint density at radius 1 is 1.00 bits per heavy atom. The zero-order chi connectivity index (χ0) is 28.5. The van der Waals surface area contributed by atoms with Crippen LogP contribution in [0.1, 0.15) is 39.6 Å². The standard InChI is InChI=1S/C25H23F3IN9O2/c26-17(4-5-18-6-7-22(36-34-18)33-23(39)12-19-3-1-2-9-30-19)14-38-15-21(35-37-38)24(40)32-13-20-11-16(8-10-31-20)25(27,28)29/h1-3,6-11,15,17H,4-5,12-14H2,(H,32,40)(H,33,36,39). The SMILES string of the molecule is O=C(Cc1ccccn1)Nc1ccc(CCC(F)Cn2cc(C(=O)NCc3cc(C(F)(F)I)ccn3)nn2)nn1. The van der Waals surface area contributed by atoms with Crippen LogP contribution in [0.2, 0.25) is 0 Å². The van der Waals surface area contributed by atoms with Crippen LogP contribution < -0.4 is 10.6 Å². The molecular formula is C25H23F3IN9O2. The summed E-state index contributed by atoms with van der Waals surface area (Å²) in [6.07, 6.45) is 3.35. The summed E-state index contributed by atoms with van der Waals surface area (Å²) in [5.41, 5.74) is 1.15. The Morgan fingerprint density at radius 3 is 2.55 bits per heavy atom. The second kappa shape index (κ2) is 13.4. The monoisotopic (exact) mass is 665 g/mol. The number of hydrogen-bond donors (Lipinski definition) is 2. The molecule has 2 N–H and O–H groups in total. The Kier molecular flexibility index (Phi) is 9.68. The molecule has 0 aliphatic rings. The fourth-order valence-corrected chi connectivity index (χ4v) is 3.85. The zero-order valence-corrected chi connectivity index (χ0v) is 23.0. The minimum absolute atomic E-state index is 0.0471. The molecule has 0 aliphatic carbocycles. The zero-order valence-electron chi connectivity index (χ0n) is 20.8. The Labute approximate surface area is 240 Å². The number of halogens is 4. The minimum Gasteiger partial charge on any atom is -0.345 e. The summed E-state index contributed by atoms with van der Waals surface area (Å²) < 4.78 is 39.7. The van der Waals surface area contributed by atoms with Crippen molar-refractivity contribution >= 4 is 40.2 Å². The molecule has 4 aromatic rings. The van der Waals surface area contributed by atoms with Gasteiger partial charge in [0.15, 0.2) is 11.5 Å². The number of alkyl halides is 4. The fourth-order valence-electron chi connectivity index (χ4n) is 3.52. The van der Waals surface area contributed by atoms with Crippen LogP contribution in [0.25, 0.3) is 0 Å². The predicted octanol–water partition coefficient (Wildman–Crippen LogP) is 3.42. The second-order valence-corrected chi connectivity index (χ2v) is 9.99. The number of nitrogens with zero attached hydrogens (tertiary/aromatic N) is 7. The molecule has 4 aromatic heterocycles. The number of amides is 2. The summed E-state index contributed by atoms with van der Waals surface area (Å²) in [5, 5.41) is 20.7. The van der Waals surface area contributed by atoms with Crippen LogP contribution in [-0.4, -0.2) is 53.1 Å². The lowest BCUT2D eigenvalue weighted by Crippen LogP contribution is -2.24. The molecule has 0 bridgehead atoms. The van der Waals surface area contributed by atoms with Crippen LogP contribution in [0.4, 0.5) is 19.0 Å². The molecule has 0 spiro atoms. The lowest BCUT2D eigenvalue weighted by Gasteiger charge is -2.10. The molecule has 1 atom stereocenters. The number of rotatable bonds is 12. The van der Waals surface area contributed by atoms with Gasteiger partial charge in [0.2, 0.25) is 5.91 Å². The number of pyridine rings is 2. The van der Waals surface area contributed by atoms with Gasteiger partial charge in [0.25, 0.3) is 5.91 Å². The quantitative estimate of drug-likeness (QED) is 0.173. The maximum atomic E-state index is 14.6. The third-order valence-corrected chi connectivity index (χ3v) is 6.12. The molecule has 0 saturated carbocycles. The highest BCUT2D eigenvalue weighted by Gasteiger charge is 2.27. The molecule has 4 rings (SSSR count). The van der Waals surface area contributed by atoms with Crippen molar-refractivity contribution < 1.29 is 22.8 Å². The second-order valence-electron chi connectivity index (χ2n) is 8.63. The van der Waals surface area contributed by atoms with Crippen molar-refractivity contribution in [3.63, 3.8) is 0 Å². The normalized spacial score (nSPS) is 12.1. The van der Waals surface area contributed by atoms with Gasteiger partial charge in [-0.3, -0.25) is 19.6 Å². The van der Waals surface area contributed by atoms with E-state index in [2.05, 4.69) is 41.1 Å². The van der Waals surface area contributed by atoms with Crippen molar-refractivity contribution in [3.8, 4) is 0 Å². The topological polar surface area (TPSA) is 140 Å². The average molecular weight is 665 g/mol. The van der Waals surface area contributed by atoms with Gasteiger partial charge in [-0.05, 0) is 49.2 Å². The van der Waals surface area contributed by atoms with Crippen molar-refractivity contribution in [3.05, 3.63) is 89.4 Å². The highest BCUT2D eigenvalue weighted by Crippen LogP contribution is 2.34. The van der Waals surface area contributed by atoms with E-state index < -0.39 is 16.0 Å². The molecule has 11 nitrogen and oxygen atoms in total. The number of aryl methyl sites for hydroxylation is 1. The van der Waals surface area contributed by atoms with Gasteiger partial charge in [-0.15, -0.1) is 10.2 Å². The van der Waals surface area contributed by atoms with Gasteiger partial charge in [-0.1, -0.05) is 11.3 Å². The first-order valence-electron chi connectivity index (χ1n) is 12.0. The van der Waals surface area contributed by atoms with Crippen LogP contribution >= 0.6 is 22.6 Å². The molecule has 4 heterocycles. The lowest BCUT2D eigenvalue weighted by molar-refractivity contribution is -0.115. The van der Waals surface area contributed by atoms with Crippen molar-refractivity contribution in [1.29, 1.82) is 0 Å². The molecule has 1 unspecified atom stereocenters. The first-order chi connectivity index (χ1) is 19.2. The van der Waals surface area contributed by atoms with Crippen molar-refractivity contribution in [1.82, 2.24) is 40.5 Å². The third-order valence-electron chi connectivity index (χ3n) is 5.50. The van der Waals surface area contributed by atoms with E-state index in [-0.39, 0.29) is 54.6 Å². The third kappa shape index (κ3) is 8.75. The van der Waals surface area contributed by atoms with Crippen LogP contribution in [0.3, 0.4) is 0 Å². The molecule has 0 saturated heterocycles. The summed E-state index contributed by atoms with van der Waals surface area (Å²) in [6.45, 7) is -0.227. The van der Waals surface area contributed by atoms with Gasteiger partial charge >= 0.3 is 3.93 Å². The number of carbonyl (C=O) groups excluding carboxylic acids is 2. The smallest absolute Gasteiger partial charge is 0.321 e. The maximum absolute atomic E-state index is 14.6. The van der Waals surface area contributed by atoms with Crippen molar-refractivity contribution in [2.45, 2.75) is 42.5 Å². The highest BCUT2D eigenvalue weighted by molar-refractivity contribution is 14.1. The number of hydrogen-bond acceptors (Lipinski definition) is 8. The van der Waals surface area contributed by atoms with Crippen molar-refractivity contribution in [2.75, 3.05) is 5.32 Å². The van der Waals surface area contributed by atoms with Gasteiger partial charge in [-0.25, -0.2) is 9.07 Å². The lowest BCUT2D eigenvalue weighted by atomic mass is 10.1. The Bertz CT molecular complexity index is 1430. The molecule has 40 heavy (non-hydrogen) atoms. The van der Waals surface area contributed by atoms with E-state index in [1.54, 1.807) is 36.5 Å². The average Bonchev–Trinajstić information content (AvgIpc) is 3.40. The maximum Gasteiger partial charge on any atom is 0.321 e. The van der Waals surface area contributed by atoms with E-state index >= 15 is 0 Å². The Morgan fingerprint density at radius 2 is 1.82 bits per heavy atom. The summed E-state index contributed by atoms with van der Waals surface area (Å²) in [7, 11) is 0. The molecule has 0 fully saturated rings. The van der Waals surface area contributed by atoms with E-state index in [1.807, 2.05) is 0 Å². The molecule has 208 valence electrons. The first-order valence-corrected chi connectivity index (χ1v) is 13.1. The van der Waals surface area contributed by atoms with Gasteiger partial charge in [0.1, 0.15) is 6.17 Å². The van der Waals surface area contributed by atoms with Gasteiger partial charge in [-0.2, -0.15) is 13.9 Å². The van der Waals surface area contributed by atoms with Gasteiger partial charge < -0.3 is 10.6 Å². The van der Waals surface area contributed by atoms with Crippen molar-refractivity contribution in [2.24, 2.45) is 0 Å². The van der Waals surface area contributed by atoms with Crippen LogP contribution in [0, 0.1) is 0 Å². The molecule has 0 aliphatic heterocycles. The molecular weight excluding hydrogens is 642 g/mol. The molecule has 0 aromatic carbocycles. The summed E-state index contributed by atoms with van der Waals surface area (Å²) >= 11 is 1.02. The summed E-state index contributed by atoms with van der Waals surface area (Å²) in [5.74, 6) is -0.601. The van der Waals surface area contributed by atoms with E-state index in [4.69, 9.17) is 0 Å². The van der Waals surface area contributed by atoms with Gasteiger partial charge in [0.05, 0.1) is 37.1 Å². The largest absolute Gasteiger partial charge is 0.345 e. The minimum atomic E-state index is -3.06. The number of anilines is 1. The predicted molar refractivity (Wildman–Crippen MR) is 145 cm³/mol. The molecule has 15 heteroatoms. The van der Waals surface area contributed by atoms with Gasteiger partial charge in [0, 0.05) is 46.2 Å². The van der Waals surface area contributed by atoms with E-state index in [1.165, 1.54) is 29.2 Å².